The molecule has 1 amide bonds. The van der Waals surface area contributed by atoms with E-state index in [-0.39, 0.29) is 5.91 Å². The molecule has 0 spiro atoms. The first-order chi connectivity index (χ1) is 4.57. The molecule has 1 aliphatic carbocycles. The number of primary amides is 1. The topological polar surface area (TPSA) is 63.3 Å². The van der Waals surface area contributed by atoms with Gasteiger partial charge in [-0.2, -0.15) is 0 Å². The van der Waals surface area contributed by atoms with Crippen LogP contribution < -0.4 is 5.73 Å². The number of carbonyl (C=O) groups is 1. The van der Waals surface area contributed by atoms with Crippen molar-refractivity contribution in [1.82, 2.24) is 0 Å². The molecule has 58 valence electrons. The van der Waals surface area contributed by atoms with E-state index < -0.39 is 11.5 Å². The van der Waals surface area contributed by atoms with Gasteiger partial charge in [0.2, 0.25) is 5.91 Å². The van der Waals surface area contributed by atoms with Crippen molar-refractivity contribution in [2.75, 3.05) is 0 Å². The maximum absolute atomic E-state index is 10.8. The summed E-state index contributed by atoms with van der Waals surface area (Å²) in [4.78, 5) is 10.8. The van der Waals surface area contributed by atoms with E-state index in [0.29, 0.717) is 6.42 Å². The second-order valence-electron chi connectivity index (χ2n) is 3.19. The van der Waals surface area contributed by atoms with Crippen LogP contribution in [0.4, 0.5) is 0 Å². The predicted octanol–water partition coefficient (Wildman–Crippen LogP) is 0.0228. The molecule has 0 saturated heterocycles. The van der Waals surface area contributed by atoms with Crippen LogP contribution in [0.25, 0.3) is 0 Å². The molecule has 3 N–H and O–H groups in total. The van der Waals surface area contributed by atoms with Gasteiger partial charge >= 0.3 is 0 Å². The molecule has 0 aromatic heterocycles. The molecule has 0 bridgehead atoms. The summed E-state index contributed by atoms with van der Waals surface area (Å²) in [6.45, 7) is 1.73. The molecule has 1 saturated carbocycles. The van der Waals surface area contributed by atoms with Crippen molar-refractivity contribution >= 4 is 5.91 Å². The number of hydrogen-bond acceptors (Lipinski definition) is 2. The molecule has 1 rings (SSSR count). The highest BCUT2D eigenvalue weighted by Gasteiger charge is 2.42. The Balaban J connectivity index is 2.75. The Morgan fingerprint density at radius 2 is 2.40 bits per heavy atom. The van der Waals surface area contributed by atoms with E-state index in [1.807, 2.05) is 0 Å². The van der Waals surface area contributed by atoms with Crippen LogP contribution in [0.2, 0.25) is 0 Å². The molecule has 1 unspecified atom stereocenters. The summed E-state index contributed by atoms with van der Waals surface area (Å²) in [5.74, 6) is -0.377. The van der Waals surface area contributed by atoms with Crippen molar-refractivity contribution in [3.8, 4) is 0 Å². The fraction of sp³-hybridized carbons (Fsp3) is 0.857. The molecular formula is C7H13NO2. The van der Waals surface area contributed by atoms with Crippen molar-refractivity contribution in [3.63, 3.8) is 0 Å². The van der Waals surface area contributed by atoms with Gasteiger partial charge < -0.3 is 10.8 Å². The van der Waals surface area contributed by atoms with E-state index in [1.54, 1.807) is 6.92 Å². The Morgan fingerprint density at radius 1 is 1.80 bits per heavy atom. The first-order valence-corrected chi connectivity index (χ1v) is 3.55. The van der Waals surface area contributed by atoms with Crippen LogP contribution >= 0.6 is 0 Å². The van der Waals surface area contributed by atoms with Crippen molar-refractivity contribution in [1.29, 1.82) is 0 Å². The molecule has 0 aromatic carbocycles. The van der Waals surface area contributed by atoms with Crippen LogP contribution in [0.3, 0.4) is 0 Å². The largest absolute Gasteiger partial charge is 0.392 e. The lowest BCUT2D eigenvalue weighted by molar-refractivity contribution is -0.131. The van der Waals surface area contributed by atoms with Gasteiger partial charge in [-0.1, -0.05) is 0 Å². The van der Waals surface area contributed by atoms with E-state index in [9.17, 15) is 9.90 Å². The summed E-state index contributed by atoms with van der Waals surface area (Å²) in [6, 6.07) is 0. The van der Waals surface area contributed by atoms with E-state index >= 15 is 0 Å². The third-order valence-electron chi connectivity index (χ3n) is 2.47. The summed E-state index contributed by atoms with van der Waals surface area (Å²) in [5.41, 5.74) is 4.47. The van der Waals surface area contributed by atoms with Gasteiger partial charge in [0.05, 0.1) is 11.5 Å². The van der Waals surface area contributed by atoms with E-state index in [4.69, 9.17) is 5.73 Å². The minimum atomic E-state index is -0.653. The number of aliphatic hydroxyl groups is 1. The van der Waals surface area contributed by atoms with Crippen LogP contribution in [-0.2, 0) is 4.79 Å². The monoisotopic (exact) mass is 143 g/mol. The first kappa shape index (κ1) is 7.54. The van der Waals surface area contributed by atoms with Gasteiger partial charge in [-0.3, -0.25) is 4.79 Å². The van der Waals surface area contributed by atoms with Gasteiger partial charge in [-0.15, -0.1) is 0 Å². The molecule has 3 heteroatoms. The lowest BCUT2D eigenvalue weighted by atomic mass is 9.86. The third-order valence-corrected chi connectivity index (χ3v) is 2.47. The summed E-state index contributed by atoms with van der Waals surface area (Å²) in [6.07, 6.45) is 1.81. The lowest BCUT2D eigenvalue weighted by Crippen LogP contribution is -2.40. The van der Waals surface area contributed by atoms with Crippen LogP contribution in [0, 0.1) is 5.41 Å². The van der Waals surface area contributed by atoms with Crippen molar-refractivity contribution in [2.45, 2.75) is 32.3 Å². The maximum atomic E-state index is 10.8. The summed E-state index contributed by atoms with van der Waals surface area (Å²) < 4.78 is 0. The van der Waals surface area contributed by atoms with Crippen LogP contribution in [0.1, 0.15) is 26.2 Å². The second-order valence-corrected chi connectivity index (χ2v) is 3.19. The van der Waals surface area contributed by atoms with Crippen LogP contribution in [-0.4, -0.2) is 17.1 Å². The van der Waals surface area contributed by atoms with Gasteiger partial charge in [0.25, 0.3) is 0 Å². The Labute approximate surface area is 60.2 Å². The number of rotatable bonds is 1. The fourth-order valence-corrected chi connectivity index (χ4v) is 1.44. The highest BCUT2D eigenvalue weighted by atomic mass is 16.3. The zero-order valence-electron chi connectivity index (χ0n) is 6.13. The minimum Gasteiger partial charge on any atom is -0.392 e. The minimum absolute atomic E-state index is 0.377. The highest BCUT2D eigenvalue weighted by Crippen LogP contribution is 2.37. The molecule has 3 nitrogen and oxygen atoms in total. The molecule has 0 radical (unpaired) electrons. The number of carbonyl (C=O) groups excluding carboxylic acids is 1. The first-order valence-electron chi connectivity index (χ1n) is 3.55. The average molecular weight is 143 g/mol. The Morgan fingerprint density at radius 3 is 2.60 bits per heavy atom. The number of hydrogen-bond donors (Lipinski definition) is 2. The molecule has 1 aliphatic rings. The summed E-state index contributed by atoms with van der Waals surface area (Å²) in [5, 5.41) is 9.32. The van der Waals surface area contributed by atoms with Gasteiger partial charge in [0.1, 0.15) is 0 Å². The Bertz CT molecular complexity index is 158. The molecule has 10 heavy (non-hydrogen) atoms. The van der Waals surface area contributed by atoms with Gasteiger partial charge in [-0.25, -0.2) is 0 Å². The number of amides is 1. The normalized spacial score (nSPS) is 40.0. The smallest absolute Gasteiger partial charge is 0.225 e. The van der Waals surface area contributed by atoms with Crippen molar-refractivity contribution in [2.24, 2.45) is 11.1 Å². The van der Waals surface area contributed by atoms with Gasteiger partial charge in [-0.05, 0) is 26.2 Å². The average Bonchev–Trinajstić information content (AvgIpc) is 2.15. The molecular weight excluding hydrogens is 130 g/mol. The zero-order valence-corrected chi connectivity index (χ0v) is 6.13. The Kier molecular flexibility index (Phi) is 1.68. The quantitative estimate of drug-likeness (QED) is 0.543. The van der Waals surface area contributed by atoms with Gasteiger partial charge in [0.15, 0.2) is 0 Å². The molecule has 0 aliphatic heterocycles. The Hall–Kier alpha value is -0.570. The van der Waals surface area contributed by atoms with Crippen LogP contribution in [0.5, 0.6) is 0 Å². The number of aliphatic hydroxyl groups excluding tert-OH is 1. The fourth-order valence-electron chi connectivity index (χ4n) is 1.44. The van der Waals surface area contributed by atoms with E-state index in [2.05, 4.69) is 0 Å². The highest BCUT2D eigenvalue weighted by molar-refractivity contribution is 5.81. The SMILES string of the molecule is C[C@@]1(C(N)=O)CCCC1O. The van der Waals surface area contributed by atoms with Crippen molar-refractivity contribution < 1.29 is 9.90 Å². The maximum Gasteiger partial charge on any atom is 0.225 e. The van der Waals surface area contributed by atoms with E-state index in [0.717, 1.165) is 12.8 Å². The molecule has 1 fully saturated rings. The molecule has 2 atom stereocenters. The van der Waals surface area contributed by atoms with Crippen molar-refractivity contribution in [3.05, 3.63) is 0 Å². The van der Waals surface area contributed by atoms with Crippen LogP contribution in [0.15, 0.2) is 0 Å². The number of nitrogens with two attached hydrogens (primary N) is 1. The zero-order chi connectivity index (χ0) is 7.78. The third kappa shape index (κ3) is 0.904. The summed E-state index contributed by atoms with van der Waals surface area (Å²) in [7, 11) is 0. The molecule has 0 aromatic rings. The summed E-state index contributed by atoms with van der Waals surface area (Å²) >= 11 is 0. The van der Waals surface area contributed by atoms with Gasteiger partial charge in [0, 0.05) is 0 Å². The second kappa shape index (κ2) is 2.23. The standard InChI is InChI=1S/C7H13NO2/c1-7(6(8)10)4-2-3-5(7)9/h5,9H,2-4H2,1H3,(H2,8,10)/t5?,7-/m1/s1. The molecule has 0 heterocycles. The van der Waals surface area contributed by atoms with E-state index in [1.165, 1.54) is 0 Å². The predicted molar refractivity (Wildman–Crippen MR) is 37.2 cm³/mol. The lowest BCUT2D eigenvalue weighted by Gasteiger charge is -2.23.